The van der Waals surface area contributed by atoms with Crippen molar-refractivity contribution >= 4 is 16.0 Å². The lowest BCUT2D eigenvalue weighted by Crippen LogP contribution is -2.32. The minimum Gasteiger partial charge on any atom is -0.496 e. The van der Waals surface area contributed by atoms with E-state index in [-0.39, 0.29) is 28.7 Å². The van der Waals surface area contributed by atoms with Crippen LogP contribution in [0.15, 0.2) is 64.0 Å². The Hall–Kier alpha value is -3.17. The van der Waals surface area contributed by atoms with E-state index < -0.39 is 16.0 Å². The standard InChI is InChI=1S/C24H26N2O6S/c1-30-21-12-11-19(33(28,29)26-13-7-2-3-8-14-26)15-20(21)24(27)31-17-23-25-16-22(32-23)18-9-5-4-6-10-18/h4-6,9-12,15-16H,2-3,7-8,13-14,17H2,1H3. The van der Waals surface area contributed by atoms with E-state index in [1.165, 1.54) is 29.6 Å². The van der Waals surface area contributed by atoms with Gasteiger partial charge in [0, 0.05) is 18.7 Å². The molecule has 3 aromatic rings. The third-order valence-corrected chi connectivity index (χ3v) is 7.43. The summed E-state index contributed by atoms with van der Waals surface area (Å²) in [7, 11) is -2.31. The number of sulfonamides is 1. The number of carbonyl (C=O) groups is 1. The Morgan fingerprint density at radius 3 is 2.48 bits per heavy atom. The number of ether oxygens (including phenoxy) is 2. The molecular formula is C24H26N2O6S. The second-order valence-corrected chi connectivity index (χ2v) is 9.68. The third-order valence-electron chi connectivity index (χ3n) is 5.53. The molecule has 4 rings (SSSR count). The smallest absolute Gasteiger partial charge is 0.342 e. The van der Waals surface area contributed by atoms with Gasteiger partial charge >= 0.3 is 5.97 Å². The van der Waals surface area contributed by atoms with Crippen LogP contribution in [-0.4, -0.2) is 43.9 Å². The average molecular weight is 471 g/mol. The van der Waals surface area contributed by atoms with E-state index >= 15 is 0 Å². The van der Waals surface area contributed by atoms with E-state index in [0.29, 0.717) is 18.8 Å². The minimum absolute atomic E-state index is 0.0308. The van der Waals surface area contributed by atoms with E-state index in [0.717, 1.165) is 31.2 Å². The van der Waals surface area contributed by atoms with Gasteiger partial charge in [-0.2, -0.15) is 4.31 Å². The van der Waals surface area contributed by atoms with Gasteiger partial charge in [0.25, 0.3) is 0 Å². The molecule has 1 aromatic heterocycles. The predicted molar refractivity (Wildman–Crippen MR) is 121 cm³/mol. The monoisotopic (exact) mass is 470 g/mol. The largest absolute Gasteiger partial charge is 0.496 e. The highest BCUT2D eigenvalue weighted by Gasteiger charge is 2.27. The first kappa shape index (κ1) is 23.0. The molecule has 0 saturated carbocycles. The molecular weight excluding hydrogens is 444 g/mol. The average Bonchev–Trinajstić information content (AvgIpc) is 3.14. The fraction of sp³-hybridized carbons (Fsp3) is 0.333. The zero-order valence-corrected chi connectivity index (χ0v) is 19.2. The topological polar surface area (TPSA) is 98.9 Å². The first-order chi connectivity index (χ1) is 16.0. The van der Waals surface area contributed by atoms with Gasteiger partial charge in [-0.25, -0.2) is 18.2 Å². The van der Waals surface area contributed by atoms with Crippen LogP contribution in [0.1, 0.15) is 41.9 Å². The van der Waals surface area contributed by atoms with Crippen LogP contribution >= 0.6 is 0 Å². The number of hydrogen-bond acceptors (Lipinski definition) is 7. The Kier molecular flexibility index (Phi) is 7.10. The molecule has 0 amide bonds. The molecule has 2 aromatic carbocycles. The number of methoxy groups -OCH3 is 1. The number of aromatic nitrogens is 1. The number of oxazole rings is 1. The van der Waals surface area contributed by atoms with Gasteiger partial charge in [0.1, 0.15) is 11.3 Å². The summed E-state index contributed by atoms with van der Waals surface area (Å²) in [4.78, 5) is 17.0. The van der Waals surface area contributed by atoms with Crippen molar-refractivity contribution in [3.8, 4) is 17.1 Å². The van der Waals surface area contributed by atoms with Gasteiger partial charge in [0.05, 0.1) is 18.2 Å². The highest BCUT2D eigenvalue weighted by atomic mass is 32.2. The molecule has 0 N–H and O–H groups in total. The number of carbonyl (C=O) groups excluding carboxylic acids is 1. The summed E-state index contributed by atoms with van der Waals surface area (Å²) in [5.41, 5.74) is 0.888. The molecule has 2 heterocycles. The molecule has 0 radical (unpaired) electrons. The fourth-order valence-corrected chi connectivity index (χ4v) is 5.30. The number of nitrogens with zero attached hydrogens (tertiary/aromatic N) is 2. The molecule has 0 aliphatic carbocycles. The van der Waals surface area contributed by atoms with Crippen molar-refractivity contribution in [1.82, 2.24) is 9.29 Å². The third kappa shape index (κ3) is 5.26. The van der Waals surface area contributed by atoms with Gasteiger partial charge in [-0.3, -0.25) is 0 Å². The Labute approximate surface area is 193 Å². The van der Waals surface area contributed by atoms with Crippen molar-refractivity contribution in [2.45, 2.75) is 37.2 Å². The molecule has 8 nitrogen and oxygen atoms in total. The van der Waals surface area contributed by atoms with E-state index in [2.05, 4.69) is 4.98 Å². The zero-order valence-electron chi connectivity index (χ0n) is 18.4. The number of hydrogen-bond donors (Lipinski definition) is 0. The molecule has 0 spiro atoms. The van der Waals surface area contributed by atoms with Crippen LogP contribution in [0.4, 0.5) is 0 Å². The quantitative estimate of drug-likeness (QED) is 0.476. The molecule has 0 atom stereocenters. The van der Waals surface area contributed by atoms with E-state index in [9.17, 15) is 13.2 Å². The van der Waals surface area contributed by atoms with Gasteiger partial charge in [-0.1, -0.05) is 43.2 Å². The highest BCUT2D eigenvalue weighted by molar-refractivity contribution is 7.89. The Bertz CT molecular complexity index is 1200. The minimum atomic E-state index is -3.72. The van der Waals surface area contributed by atoms with Crippen LogP contribution in [0.2, 0.25) is 0 Å². The molecule has 33 heavy (non-hydrogen) atoms. The first-order valence-electron chi connectivity index (χ1n) is 10.8. The summed E-state index contributed by atoms with van der Waals surface area (Å²) < 4.78 is 44.0. The molecule has 0 bridgehead atoms. The van der Waals surface area contributed by atoms with Crippen molar-refractivity contribution < 1.29 is 27.1 Å². The maximum absolute atomic E-state index is 13.1. The lowest BCUT2D eigenvalue weighted by Gasteiger charge is -2.20. The lowest BCUT2D eigenvalue weighted by molar-refractivity contribution is 0.0435. The SMILES string of the molecule is COc1ccc(S(=O)(=O)N2CCCCCC2)cc1C(=O)OCc1ncc(-c2ccccc2)o1. The summed E-state index contributed by atoms with van der Waals surface area (Å²) in [5.74, 6) is 0.297. The van der Waals surface area contributed by atoms with Crippen LogP contribution in [0, 0.1) is 0 Å². The first-order valence-corrected chi connectivity index (χ1v) is 12.3. The second-order valence-electron chi connectivity index (χ2n) is 7.74. The highest BCUT2D eigenvalue weighted by Crippen LogP contribution is 2.27. The predicted octanol–water partition coefficient (Wildman–Crippen LogP) is 4.27. The molecule has 1 saturated heterocycles. The van der Waals surface area contributed by atoms with Crippen molar-refractivity contribution in [2.24, 2.45) is 0 Å². The second kappa shape index (κ2) is 10.2. The van der Waals surface area contributed by atoms with Crippen molar-refractivity contribution in [3.63, 3.8) is 0 Å². The Morgan fingerprint density at radius 1 is 1.06 bits per heavy atom. The van der Waals surface area contributed by atoms with Gasteiger partial charge in [0.2, 0.25) is 15.9 Å². The number of esters is 1. The molecule has 9 heteroatoms. The van der Waals surface area contributed by atoms with E-state index in [1.807, 2.05) is 30.3 Å². The Balaban J connectivity index is 1.51. The normalized spacial score (nSPS) is 15.1. The van der Waals surface area contributed by atoms with Crippen LogP contribution in [-0.2, 0) is 21.4 Å². The lowest BCUT2D eigenvalue weighted by atomic mass is 10.2. The number of benzene rings is 2. The molecule has 1 aliphatic rings. The zero-order chi connectivity index (χ0) is 23.3. The molecule has 0 unspecified atom stereocenters. The summed E-state index contributed by atoms with van der Waals surface area (Å²) in [6.45, 7) is 0.752. The van der Waals surface area contributed by atoms with Crippen LogP contribution in [0.3, 0.4) is 0 Å². The van der Waals surface area contributed by atoms with Crippen LogP contribution < -0.4 is 4.74 Å². The van der Waals surface area contributed by atoms with E-state index in [4.69, 9.17) is 13.9 Å². The summed E-state index contributed by atoms with van der Waals surface area (Å²) in [5, 5.41) is 0. The van der Waals surface area contributed by atoms with E-state index in [1.54, 1.807) is 6.20 Å². The summed E-state index contributed by atoms with van der Waals surface area (Å²) >= 11 is 0. The molecule has 1 fully saturated rings. The van der Waals surface area contributed by atoms with Gasteiger partial charge in [-0.05, 0) is 31.0 Å². The molecule has 174 valence electrons. The van der Waals surface area contributed by atoms with Gasteiger partial charge in [0.15, 0.2) is 12.4 Å². The van der Waals surface area contributed by atoms with Crippen LogP contribution in [0.25, 0.3) is 11.3 Å². The van der Waals surface area contributed by atoms with Gasteiger partial charge < -0.3 is 13.9 Å². The summed E-state index contributed by atoms with van der Waals surface area (Å²) in [6, 6.07) is 13.7. The van der Waals surface area contributed by atoms with Crippen molar-refractivity contribution in [3.05, 3.63) is 66.2 Å². The maximum atomic E-state index is 13.1. The molecule has 1 aliphatic heterocycles. The van der Waals surface area contributed by atoms with Crippen LogP contribution in [0.5, 0.6) is 5.75 Å². The van der Waals surface area contributed by atoms with Gasteiger partial charge in [-0.15, -0.1) is 0 Å². The summed E-state index contributed by atoms with van der Waals surface area (Å²) in [6.07, 6.45) is 5.24. The maximum Gasteiger partial charge on any atom is 0.342 e. The number of rotatable bonds is 7. The Morgan fingerprint density at radius 2 is 1.79 bits per heavy atom. The fourth-order valence-electron chi connectivity index (χ4n) is 3.76. The van der Waals surface area contributed by atoms with Crippen molar-refractivity contribution in [2.75, 3.05) is 20.2 Å². The van der Waals surface area contributed by atoms with Crippen molar-refractivity contribution in [1.29, 1.82) is 0 Å².